The van der Waals surface area contributed by atoms with Crippen LogP contribution in [0.4, 0.5) is 0 Å². The number of methoxy groups -OCH3 is 1. The molecule has 0 saturated carbocycles. The number of ether oxygens (including phenoxy) is 2. The molecule has 0 bridgehead atoms. The number of esters is 1. The van der Waals surface area contributed by atoms with Crippen LogP contribution in [0.5, 0.6) is 0 Å². The average molecular weight is 201 g/mol. The maximum absolute atomic E-state index is 11.0. The Bertz CT molecular complexity index is 211. The molecule has 1 fully saturated rings. The lowest BCUT2D eigenvalue weighted by molar-refractivity contribution is -0.152. The number of carbonyl (C=O) groups is 2. The van der Waals surface area contributed by atoms with Crippen LogP contribution in [0.15, 0.2) is 0 Å². The Balaban J connectivity index is 2.18. The summed E-state index contributed by atoms with van der Waals surface area (Å²) in [7, 11) is 1.19. The summed E-state index contributed by atoms with van der Waals surface area (Å²) in [5.74, 6) is -1.21. The lowest BCUT2D eigenvalue weighted by Gasteiger charge is -2.21. The van der Waals surface area contributed by atoms with Crippen LogP contribution in [0.2, 0.25) is 0 Å². The summed E-state index contributed by atoms with van der Waals surface area (Å²) in [6.45, 7) is 1.93. The second-order valence-corrected chi connectivity index (χ2v) is 3.28. The average Bonchev–Trinajstić information content (AvgIpc) is 2.26. The fourth-order valence-corrected chi connectivity index (χ4v) is 1.37. The van der Waals surface area contributed by atoms with Crippen molar-refractivity contribution in [3.63, 3.8) is 0 Å². The Morgan fingerprint density at radius 2 is 2.36 bits per heavy atom. The zero-order valence-corrected chi connectivity index (χ0v) is 8.25. The molecule has 1 amide bonds. The molecule has 80 valence electrons. The fourth-order valence-electron chi connectivity index (χ4n) is 1.37. The van der Waals surface area contributed by atoms with Crippen molar-refractivity contribution < 1.29 is 19.1 Å². The molecule has 1 N–H and O–H groups in total. The van der Waals surface area contributed by atoms with Gasteiger partial charge in [0.2, 0.25) is 0 Å². The Labute approximate surface area is 82.8 Å². The molecule has 1 heterocycles. The molecule has 0 aromatic carbocycles. The molecule has 1 atom stereocenters. The minimum atomic E-state index is -0.846. The first kappa shape index (κ1) is 11.0. The van der Waals surface area contributed by atoms with Crippen molar-refractivity contribution in [3.05, 3.63) is 0 Å². The molecular weight excluding hydrogens is 186 g/mol. The smallest absolute Gasteiger partial charge is 0.396 e. The standard InChI is InChI=1S/C9H15NO4/c1-13-9(12)8(11)10-5-7-3-2-4-14-6-7/h7H,2-6H2,1H3,(H,10,11). The highest BCUT2D eigenvalue weighted by Gasteiger charge is 2.18. The van der Waals surface area contributed by atoms with Crippen LogP contribution in [0, 0.1) is 5.92 Å². The number of amides is 1. The summed E-state index contributed by atoms with van der Waals surface area (Å²) in [5.41, 5.74) is 0. The van der Waals surface area contributed by atoms with Crippen molar-refractivity contribution >= 4 is 11.9 Å². The van der Waals surface area contributed by atoms with Gasteiger partial charge in [0.05, 0.1) is 13.7 Å². The molecule has 0 spiro atoms. The molecule has 0 aromatic rings. The monoisotopic (exact) mass is 201 g/mol. The SMILES string of the molecule is COC(=O)C(=O)NCC1CCCOC1. The third kappa shape index (κ3) is 3.33. The number of rotatable bonds is 2. The van der Waals surface area contributed by atoms with Gasteiger partial charge in [0.25, 0.3) is 0 Å². The summed E-state index contributed by atoms with van der Waals surface area (Å²) < 4.78 is 9.50. The van der Waals surface area contributed by atoms with Crippen molar-refractivity contribution in [1.82, 2.24) is 5.32 Å². The minimum absolute atomic E-state index is 0.317. The van der Waals surface area contributed by atoms with Crippen molar-refractivity contribution in [1.29, 1.82) is 0 Å². The molecular formula is C9H15NO4. The number of carbonyl (C=O) groups excluding carboxylic acids is 2. The lowest BCUT2D eigenvalue weighted by Crippen LogP contribution is -2.37. The summed E-state index contributed by atoms with van der Waals surface area (Å²) in [4.78, 5) is 21.7. The third-order valence-electron chi connectivity index (χ3n) is 2.18. The Morgan fingerprint density at radius 3 is 2.93 bits per heavy atom. The van der Waals surface area contributed by atoms with Gasteiger partial charge in [-0.3, -0.25) is 4.79 Å². The number of hydrogen-bond donors (Lipinski definition) is 1. The zero-order valence-electron chi connectivity index (χ0n) is 8.25. The quantitative estimate of drug-likeness (QED) is 0.492. The van der Waals surface area contributed by atoms with E-state index in [1.807, 2.05) is 0 Å². The molecule has 1 rings (SSSR count). The van der Waals surface area contributed by atoms with Gasteiger partial charge in [-0.15, -0.1) is 0 Å². The molecule has 1 unspecified atom stereocenters. The summed E-state index contributed by atoms with van der Waals surface area (Å²) in [5, 5.41) is 2.51. The lowest BCUT2D eigenvalue weighted by atomic mass is 10.0. The van der Waals surface area contributed by atoms with Gasteiger partial charge in [-0.05, 0) is 18.8 Å². The van der Waals surface area contributed by atoms with Crippen LogP contribution < -0.4 is 5.32 Å². The highest BCUT2D eigenvalue weighted by molar-refractivity contribution is 6.32. The first-order chi connectivity index (χ1) is 6.74. The first-order valence-corrected chi connectivity index (χ1v) is 4.68. The molecule has 0 aromatic heterocycles. The van der Waals surface area contributed by atoms with Gasteiger partial charge in [0.1, 0.15) is 0 Å². The zero-order chi connectivity index (χ0) is 10.4. The van der Waals surface area contributed by atoms with Crippen molar-refractivity contribution in [2.45, 2.75) is 12.8 Å². The van der Waals surface area contributed by atoms with Crippen LogP contribution in [0.3, 0.4) is 0 Å². The Morgan fingerprint density at radius 1 is 1.57 bits per heavy atom. The van der Waals surface area contributed by atoms with Gasteiger partial charge in [-0.25, -0.2) is 4.79 Å². The van der Waals surface area contributed by atoms with E-state index >= 15 is 0 Å². The molecule has 5 heteroatoms. The van der Waals surface area contributed by atoms with Crippen molar-refractivity contribution in [3.8, 4) is 0 Å². The van der Waals surface area contributed by atoms with E-state index in [0.29, 0.717) is 19.1 Å². The normalized spacial score (nSPS) is 21.4. The molecule has 1 saturated heterocycles. The van der Waals surface area contributed by atoms with Gasteiger partial charge >= 0.3 is 11.9 Å². The predicted molar refractivity (Wildman–Crippen MR) is 48.6 cm³/mol. The fraction of sp³-hybridized carbons (Fsp3) is 0.778. The second-order valence-electron chi connectivity index (χ2n) is 3.28. The van der Waals surface area contributed by atoms with Gasteiger partial charge in [-0.2, -0.15) is 0 Å². The van der Waals surface area contributed by atoms with E-state index in [0.717, 1.165) is 19.4 Å². The highest BCUT2D eigenvalue weighted by Crippen LogP contribution is 2.11. The second kappa shape index (κ2) is 5.59. The Hall–Kier alpha value is -1.10. The first-order valence-electron chi connectivity index (χ1n) is 4.68. The minimum Gasteiger partial charge on any atom is -0.462 e. The van der Waals surface area contributed by atoms with E-state index in [2.05, 4.69) is 10.1 Å². The van der Waals surface area contributed by atoms with E-state index in [-0.39, 0.29) is 0 Å². The highest BCUT2D eigenvalue weighted by atomic mass is 16.5. The van der Waals surface area contributed by atoms with Crippen molar-refractivity contribution in [2.75, 3.05) is 26.9 Å². The van der Waals surface area contributed by atoms with E-state index in [9.17, 15) is 9.59 Å². The van der Waals surface area contributed by atoms with Gasteiger partial charge < -0.3 is 14.8 Å². The number of hydrogen-bond acceptors (Lipinski definition) is 4. The van der Waals surface area contributed by atoms with Crippen LogP contribution in [-0.4, -0.2) is 38.7 Å². The maximum Gasteiger partial charge on any atom is 0.396 e. The van der Waals surface area contributed by atoms with Gasteiger partial charge in [-0.1, -0.05) is 0 Å². The molecule has 5 nitrogen and oxygen atoms in total. The summed E-state index contributed by atoms with van der Waals surface area (Å²) in [6, 6.07) is 0. The topological polar surface area (TPSA) is 64.6 Å². The Kier molecular flexibility index (Phi) is 4.39. The predicted octanol–water partition coefficient (Wildman–Crippen LogP) is -0.298. The number of nitrogens with one attached hydrogen (secondary N) is 1. The van der Waals surface area contributed by atoms with Gasteiger partial charge in [0.15, 0.2) is 0 Å². The van der Waals surface area contributed by atoms with Crippen LogP contribution >= 0.6 is 0 Å². The molecule has 0 radical (unpaired) electrons. The van der Waals surface area contributed by atoms with Crippen molar-refractivity contribution in [2.24, 2.45) is 5.92 Å². The van der Waals surface area contributed by atoms with Crippen LogP contribution in [0.1, 0.15) is 12.8 Å². The van der Waals surface area contributed by atoms with E-state index in [1.165, 1.54) is 7.11 Å². The molecule has 14 heavy (non-hydrogen) atoms. The summed E-state index contributed by atoms with van der Waals surface area (Å²) in [6.07, 6.45) is 2.04. The van der Waals surface area contributed by atoms with Gasteiger partial charge in [0, 0.05) is 13.2 Å². The maximum atomic E-state index is 11.0. The molecule has 1 aliphatic rings. The van der Waals surface area contributed by atoms with E-state index < -0.39 is 11.9 Å². The van der Waals surface area contributed by atoms with Crippen LogP contribution in [0.25, 0.3) is 0 Å². The molecule has 0 aliphatic carbocycles. The summed E-state index contributed by atoms with van der Waals surface area (Å²) >= 11 is 0. The van der Waals surface area contributed by atoms with Crippen LogP contribution in [-0.2, 0) is 19.1 Å². The molecule has 1 aliphatic heterocycles. The largest absolute Gasteiger partial charge is 0.462 e. The third-order valence-corrected chi connectivity index (χ3v) is 2.18. The van der Waals surface area contributed by atoms with E-state index in [1.54, 1.807) is 0 Å². The van der Waals surface area contributed by atoms with E-state index in [4.69, 9.17) is 4.74 Å².